The molecule has 0 bridgehead atoms. The number of amides is 1. The second-order valence-corrected chi connectivity index (χ2v) is 4.34. The second kappa shape index (κ2) is 6.53. The molecule has 1 N–H and O–H groups in total. The van der Waals surface area contributed by atoms with Gasteiger partial charge >= 0.3 is 6.09 Å². The van der Waals surface area contributed by atoms with Gasteiger partial charge in [0, 0.05) is 25.2 Å². The van der Waals surface area contributed by atoms with E-state index in [1.54, 1.807) is 4.90 Å². The molecular weight excluding hydrogens is 204 g/mol. The minimum Gasteiger partial charge on any atom is -0.453 e. The van der Waals surface area contributed by atoms with Crippen molar-refractivity contribution < 1.29 is 9.53 Å². The van der Waals surface area contributed by atoms with Crippen LogP contribution in [0.4, 0.5) is 4.79 Å². The van der Waals surface area contributed by atoms with Crippen LogP contribution >= 0.6 is 0 Å². The first-order valence-electron chi connectivity index (χ1n) is 5.87. The van der Waals surface area contributed by atoms with Gasteiger partial charge in [-0.15, -0.1) is 6.58 Å². The summed E-state index contributed by atoms with van der Waals surface area (Å²) in [5, 5.41) is 3.53. The number of hydrogen-bond acceptors (Lipinski definition) is 3. The number of rotatable bonds is 5. The molecule has 1 heterocycles. The molecule has 16 heavy (non-hydrogen) atoms. The summed E-state index contributed by atoms with van der Waals surface area (Å²) in [6.07, 6.45) is 4.85. The molecule has 1 saturated heterocycles. The Hall–Kier alpha value is -1.03. The van der Waals surface area contributed by atoms with Crippen molar-refractivity contribution in [1.29, 1.82) is 0 Å². The molecule has 0 spiro atoms. The second-order valence-electron chi connectivity index (χ2n) is 4.34. The fourth-order valence-corrected chi connectivity index (χ4v) is 2.04. The fourth-order valence-electron chi connectivity index (χ4n) is 2.04. The SMILES string of the molecule is C=CCCC(C)NC1CCN(C(=O)OC)C1. The first-order chi connectivity index (χ1) is 7.67. The van der Waals surface area contributed by atoms with Gasteiger partial charge in [-0.2, -0.15) is 0 Å². The van der Waals surface area contributed by atoms with Crippen LogP contribution in [0.15, 0.2) is 12.7 Å². The van der Waals surface area contributed by atoms with Gasteiger partial charge in [-0.05, 0) is 26.2 Å². The largest absolute Gasteiger partial charge is 0.453 e. The summed E-state index contributed by atoms with van der Waals surface area (Å²) >= 11 is 0. The maximum atomic E-state index is 11.3. The van der Waals surface area contributed by atoms with E-state index in [9.17, 15) is 4.79 Å². The molecule has 92 valence electrons. The van der Waals surface area contributed by atoms with Gasteiger partial charge in [0.25, 0.3) is 0 Å². The van der Waals surface area contributed by atoms with E-state index < -0.39 is 0 Å². The number of likely N-dealkylation sites (tertiary alicyclic amines) is 1. The van der Waals surface area contributed by atoms with E-state index in [1.807, 2.05) is 6.08 Å². The lowest BCUT2D eigenvalue weighted by Crippen LogP contribution is -2.39. The maximum Gasteiger partial charge on any atom is 0.409 e. The molecule has 4 nitrogen and oxygen atoms in total. The van der Waals surface area contributed by atoms with Crippen molar-refractivity contribution in [2.24, 2.45) is 0 Å². The summed E-state index contributed by atoms with van der Waals surface area (Å²) in [6.45, 7) is 7.43. The van der Waals surface area contributed by atoms with Crippen molar-refractivity contribution in [3.63, 3.8) is 0 Å². The summed E-state index contributed by atoms with van der Waals surface area (Å²) in [6, 6.07) is 0.875. The fraction of sp³-hybridized carbons (Fsp3) is 0.750. The summed E-state index contributed by atoms with van der Waals surface area (Å²) < 4.78 is 4.70. The Labute approximate surface area is 97.6 Å². The lowest BCUT2D eigenvalue weighted by Gasteiger charge is -2.19. The molecule has 0 aromatic rings. The smallest absolute Gasteiger partial charge is 0.409 e. The van der Waals surface area contributed by atoms with Crippen LogP contribution < -0.4 is 5.32 Å². The number of nitrogens with one attached hydrogen (secondary N) is 1. The highest BCUT2D eigenvalue weighted by atomic mass is 16.5. The Bertz CT molecular complexity index is 243. The average Bonchev–Trinajstić information content (AvgIpc) is 2.73. The van der Waals surface area contributed by atoms with Crippen molar-refractivity contribution in [2.45, 2.75) is 38.3 Å². The predicted molar refractivity (Wildman–Crippen MR) is 64.4 cm³/mol. The molecule has 0 radical (unpaired) electrons. The monoisotopic (exact) mass is 226 g/mol. The number of carbonyl (C=O) groups is 1. The first kappa shape index (κ1) is 13.0. The molecule has 1 fully saturated rings. The Kier molecular flexibility index (Phi) is 5.32. The molecular formula is C12H22N2O2. The van der Waals surface area contributed by atoms with Crippen molar-refractivity contribution in [3.8, 4) is 0 Å². The van der Waals surface area contributed by atoms with Crippen LogP contribution in [0.5, 0.6) is 0 Å². The van der Waals surface area contributed by atoms with Gasteiger partial charge in [0.1, 0.15) is 0 Å². The number of hydrogen-bond donors (Lipinski definition) is 1. The normalized spacial score (nSPS) is 21.9. The lowest BCUT2D eigenvalue weighted by atomic mass is 10.1. The highest BCUT2D eigenvalue weighted by molar-refractivity contribution is 5.67. The molecule has 1 aliphatic rings. The van der Waals surface area contributed by atoms with Crippen LogP contribution in [0, 0.1) is 0 Å². The molecule has 1 aliphatic heterocycles. The number of allylic oxidation sites excluding steroid dienone is 1. The van der Waals surface area contributed by atoms with E-state index in [2.05, 4.69) is 18.8 Å². The zero-order valence-corrected chi connectivity index (χ0v) is 10.2. The van der Waals surface area contributed by atoms with E-state index in [0.29, 0.717) is 12.1 Å². The van der Waals surface area contributed by atoms with Gasteiger partial charge in [-0.25, -0.2) is 4.79 Å². The zero-order valence-electron chi connectivity index (χ0n) is 10.2. The summed E-state index contributed by atoms with van der Waals surface area (Å²) in [7, 11) is 1.43. The molecule has 0 aliphatic carbocycles. The van der Waals surface area contributed by atoms with Crippen LogP contribution in [0.1, 0.15) is 26.2 Å². The average molecular weight is 226 g/mol. The van der Waals surface area contributed by atoms with Gasteiger partial charge in [-0.3, -0.25) is 0 Å². The van der Waals surface area contributed by atoms with Crippen LogP contribution in [0.2, 0.25) is 0 Å². The van der Waals surface area contributed by atoms with Crippen molar-refractivity contribution in [3.05, 3.63) is 12.7 Å². The molecule has 0 saturated carbocycles. The van der Waals surface area contributed by atoms with E-state index >= 15 is 0 Å². The Morgan fingerprint density at radius 3 is 3.12 bits per heavy atom. The number of nitrogens with zero attached hydrogens (tertiary/aromatic N) is 1. The van der Waals surface area contributed by atoms with Crippen LogP contribution in [-0.2, 0) is 4.74 Å². The summed E-state index contributed by atoms with van der Waals surface area (Å²) in [4.78, 5) is 13.0. The molecule has 0 aromatic carbocycles. The number of methoxy groups -OCH3 is 1. The van der Waals surface area contributed by atoms with Gasteiger partial charge in [0.2, 0.25) is 0 Å². The minimum atomic E-state index is -0.219. The Morgan fingerprint density at radius 2 is 2.50 bits per heavy atom. The van der Waals surface area contributed by atoms with Crippen LogP contribution in [0.3, 0.4) is 0 Å². The molecule has 1 rings (SSSR count). The van der Waals surface area contributed by atoms with Crippen molar-refractivity contribution in [1.82, 2.24) is 10.2 Å². The Morgan fingerprint density at radius 1 is 1.75 bits per heavy atom. The van der Waals surface area contributed by atoms with Gasteiger partial charge in [-0.1, -0.05) is 6.08 Å². The third-order valence-electron chi connectivity index (χ3n) is 2.95. The standard InChI is InChI=1S/C12H22N2O2/c1-4-5-6-10(2)13-11-7-8-14(9-11)12(15)16-3/h4,10-11,13H,1,5-9H2,2-3H3. The summed E-state index contributed by atoms with van der Waals surface area (Å²) in [5.74, 6) is 0. The lowest BCUT2D eigenvalue weighted by molar-refractivity contribution is 0.132. The zero-order chi connectivity index (χ0) is 12.0. The van der Waals surface area contributed by atoms with Crippen LogP contribution in [-0.4, -0.2) is 43.3 Å². The summed E-state index contributed by atoms with van der Waals surface area (Å²) in [5.41, 5.74) is 0. The van der Waals surface area contributed by atoms with Gasteiger partial charge in [0.05, 0.1) is 7.11 Å². The third-order valence-corrected chi connectivity index (χ3v) is 2.95. The van der Waals surface area contributed by atoms with E-state index in [-0.39, 0.29) is 6.09 Å². The molecule has 2 atom stereocenters. The van der Waals surface area contributed by atoms with Gasteiger partial charge < -0.3 is 15.0 Å². The van der Waals surface area contributed by atoms with E-state index in [1.165, 1.54) is 7.11 Å². The van der Waals surface area contributed by atoms with Crippen molar-refractivity contribution >= 4 is 6.09 Å². The molecule has 4 heteroatoms. The maximum absolute atomic E-state index is 11.3. The molecule has 0 aromatic heterocycles. The number of carbonyl (C=O) groups excluding carboxylic acids is 1. The topological polar surface area (TPSA) is 41.6 Å². The third kappa shape index (κ3) is 3.85. The van der Waals surface area contributed by atoms with E-state index in [0.717, 1.165) is 32.4 Å². The molecule has 2 unspecified atom stereocenters. The predicted octanol–water partition coefficient (Wildman–Crippen LogP) is 1.77. The molecule has 1 amide bonds. The van der Waals surface area contributed by atoms with Gasteiger partial charge in [0.15, 0.2) is 0 Å². The first-order valence-corrected chi connectivity index (χ1v) is 5.87. The van der Waals surface area contributed by atoms with Crippen LogP contribution in [0.25, 0.3) is 0 Å². The highest BCUT2D eigenvalue weighted by Crippen LogP contribution is 2.11. The van der Waals surface area contributed by atoms with Crippen molar-refractivity contribution in [2.75, 3.05) is 20.2 Å². The number of ether oxygens (including phenoxy) is 1. The quantitative estimate of drug-likeness (QED) is 0.726. The Balaban J connectivity index is 2.25. The van der Waals surface area contributed by atoms with E-state index in [4.69, 9.17) is 4.74 Å². The highest BCUT2D eigenvalue weighted by Gasteiger charge is 2.27. The minimum absolute atomic E-state index is 0.219.